The summed E-state index contributed by atoms with van der Waals surface area (Å²) in [5.41, 5.74) is -0.798. The maximum absolute atomic E-state index is 11.8. The van der Waals surface area contributed by atoms with Crippen molar-refractivity contribution in [3.05, 3.63) is 33.1 Å². The van der Waals surface area contributed by atoms with Crippen molar-refractivity contribution in [1.29, 1.82) is 0 Å². The number of aromatic nitrogens is 2. The number of nitrogens with zero attached hydrogens (tertiary/aromatic N) is 2. The number of aromatic amines is 1. The van der Waals surface area contributed by atoms with E-state index in [2.05, 4.69) is 9.88 Å². The predicted molar refractivity (Wildman–Crippen MR) is 81.4 cm³/mol. The maximum Gasteiger partial charge on any atom is 0.328 e. The number of H-pyrrole nitrogens is 1. The Balaban J connectivity index is 2.17. The van der Waals surface area contributed by atoms with Gasteiger partial charge in [0.05, 0.1) is 12.1 Å². The first-order valence-corrected chi connectivity index (χ1v) is 7.83. The normalized spacial score (nSPS) is 19.3. The highest BCUT2D eigenvalue weighted by atomic mass is 16.3. The summed E-state index contributed by atoms with van der Waals surface area (Å²) in [5.74, 6) is 0. The van der Waals surface area contributed by atoms with E-state index in [9.17, 15) is 14.7 Å². The van der Waals surface area contributed by atoms with Gasteiger partial charge < -0.3 is 5.11 Å². The molecule has 0 aromatic carbocycles. The average Bonchev–Trinajstić information content (AvgIpc) is 2.47. The fraction of sp³-hybridized carbons (Fsp3) is 0.733. The molecule has 2 N–H and O–H groups in total. The molecule has 0 amide bonds. The Bertz CT molecular complexity index is 546. The van der Waals surface area contributed by atoms with Gasteiger partial charge in [-0.15, -0.1) is 0 Å². The van der Waals surface area contributed by atoms with Crippen LogP contribution in [-0.4, -0.2) is 44.8 Å². The third-order valence-corrected chi connectivity index (χ3v) is 4.17. The monoisotopic (exact) mass is 295 g/mol. The molecule has 0 radical (unpaired) electrons. The molecule has 21 heavy (non-hydrogen) atoms. The molecule has 118 valence electrons. The first kappa shape index (κ1) is 16.0. The Hall–Kier alpha value is -1.40. The number of likely N-dealkylation sites (tertiary alicyclic amines) is 1. The number of piperidine rings is 1. The van der Waals surface area contributed by atoms with Crippen LogP contribution in [0.15, 0.2) is 21.9 Å². The van der Waals surface area contributed by atoms with Gasteiger partial charge >= 0.3 is 5.69 Å². The smallest absolute Gasteiger partial charge is 0.328 e. The largest absolute Gasteiger partial charge is 0.391 e. The van der Waals surface area contributed by atoms with Gasteiger partial charge in [-0.3, -0.25) is 19.2 Å². The lowest BCUT2D eigenvalue weighted by atomic mass is 10.0. The number of nitrogens with one attached hydrogen (secondary N) is 1. The number of aliphatic hydroxyl groups excluding tert-OH is 1. The SMILES string of the molecule is CCC[C@H](O)[C@@H](Cn1ccc(=O)[nH]c1=O)N1CCCCC1. The van der Waals surface area contributed by atoms with E-state index in [0.717, 1.165) is 38.8 Å². The molecule has 6 heteroatoms. The van der Waals surface area contributed by atoms with Crippen molar-refractivity contribution < 1.29 is 5.11 Å². The van der Waals surface area contributed by atoms with E-state index in [1.807, 2.05) is 6.92 Å². The molecule has 0 spiro atoms. The first-order valence-electron chi connectivity index (χ1n) is 7.83. The van der Waals surface area contributed by atoms with Gasteiger partial charge in [0.25, 0.3) is 5.56 Å². The van der Waals surface area contributed by atoms with Crippen LogP contribution in [-0.2, 0) is 6.54 Å². The van der Waals surface area contributed by atoms with Gasteiger partial charge in [0.15, 0.2) is 0 Å². The van der Waals surface area contributed by atoms with Crippen LogP contribution in [0.2, 0.25) is 0 Å². The summed E-state index contributed by atoms with van der Waals surface area (Å²) in [6.07, 6.45) is 6.19. The van der Waals surface area contributed by atoms with Crippen LogP contribution in [0.25, 0.3) is 0 Å². The molecular formula is C15H25N3O3. The van der Waals surface area contributed by atoms with Gasteiger partial charge in [0.2, 0.25) is 0 Å². The molecule has 0 aliphatic carbocycles. The van der Waals surface area contributed by atoms with Crippen LogP contribution < -0.4 is 11.2 Å². The Morgan fingerprint density at radius 1 is 1.29 bits per heavy atom. The Labute approximate surface area is 124 Å². The fourth-order valence-electron chi connectivity index (χ4n) is 3.01. The number of rotatable bonds is 6. The van der Waals surface area contributed by atoms with Crippen molar-refractivity contribution in [3.63, 3.8) is 0 Å². The summed E-state index contributed by atoms with van der Waals surface area (Å²) in [4.78, 5) is 27.5. The molecule has 1 saturated heterocycles. The van der Waals surface area contributed by atoms with E-state index >= 15 is 0 Å². The van der Waals surface area contributed by atoms with Crippen molar-refractivity contribution in [1.82, 2.24) is 14.5 Å². The Kier molecular flexibility index (Phi) is 5.76. The van der Waals surface area contributed by atoms with E-state index in [1.165, 1.54) is 23.3 Å². The van der Waals surface area contributed by atoms with Gasteiger partial charge in [-0.25, -0.2) is 4.79 Å². The topological polar surface area (TPSA) is 78.3 Å². The molecule has 1 aromatic heterocycles. The van der Waals surface area contributed by atoms with E-state index in [1.54, 1.807) is 0 Å². The minimum Gasteiger partial charge on any atom is -0.391 e. The summed E-state index contributed by atoms with van der Waals surface area (Å²) in [5, 5.41) is 10.4. The van der Waals surface area contributed by atoms with Crippen LogP contribution >= 0.6 is 0 Å². The number of aliphatic hydroxyl groups is 1. The van der Waals surface area contributed by atoms with Gasteiger partial charge in [-0.05, 0) is 32.4 Å². The summed E-state index contributed by atoms with van der Waals surface area (Å²) < 4.78 is 1.49. The summed E-state index contributed by atoms with van der Waals surface area (Å²) >= 11 is 0. The predicted octanol–water partition coefficient (Wildman–Crippen LogP) is 0.552. The standard InChI is InChI=1S/C15H25N3O3/c1-2-6-13(19)12(17-8-4-3-5-9-17)11-18-10-7-14(20)16-15(18)21/h7,10,12-13,19H,2-6,8-9,11H2,1H3,(H,16,20,21)/t12-,13+/m1/s1. The van der Waals surface area contributed by atoms with Gasteiger partial charge in [0.1, 0.15) is 0 Å². The first-order chi connectivity index (χ1) is 10.1. The Morgan fingerprint density at radius 3 is 2.62 bits per heavy atom. The third kappa shape index (κ3) is 4.28. The third-order valence-electron chi connectivity index (χ3n) is 4.17. The number of hydrogen-bond acceptors (Lipinski definition) is 4. The minimum atomic E-state index is -0.452. The van der Waals surface area contributed by atoms with Crippen molar-refractivity contribution >= 4 is 0 Å². The van der Waals surface area contributed by atoms with E-state index < -0.39 is 11.8 Å². The van der Waals surface area contributed by atoms with Crippen LogP contribution in [0.1, 0.15) is 39.0 Å². The molecule has 1 aliphatic heterocycles. The van der Waals surface area contributed by atoms with E-state index in [4.69, 9.17) is 0 Å². The molecule has 1 fully saturated rings. The number of hydrogen-bond donors (Lipinski definition) is 2. The highest BCUT2D eigenvalue weighted by molar-refractivity contribution is 4.87. The molecular weight excluding hydrogens is 270 g/mol. The lowest BCUT2D eigenvalue weighted by molar-refractivity contribution is 0.0232. The van der Waals surface area contributed by atoms with Gasteiger partial charge in [-0.1, -0.05) is 19.8 Å². The molecule has 0 saturated carbocycles. The second-order valence-electron chi connectivity index (χ2n) is 5.78. The second kappa shape index (κ2) is 7.56. The van der Waals surface area contributed by atoms with Crippen LogP contribution in [0.4, 0.5) is 0 Å². The molecule has 0 unspecified atom stereocenters. The lowest BCUT2D eigenvalue weighted by Gasteiger charge is -2.37. The quantitative estimate of drug-likeness (QED) is 0.803. The van der Waals surface area contributed by atoms with Crippen LogP contribution in [0, 0.1) is 0 Å². The fourth-order valence-corrected chi connectivity index (χ4v) is 3.01. The molecule has 0 bridgehead atoms. The zero-order chi connectivity index (χ0) is 15.2. The molecule has 6 nitrogen and oxygen atoms in total. The average molecular weight is 295 g/mol. The van der Waals surface area contributed by atoms with E-state index in [-0.39, 0.29) is 11.6 Å². The summed E-state index contributed by atoms with van der Waals surface area (Å²) in [6, 6.07) is 1.27. The van der Waals surface area contributed by atoms with Crippen molar-refractivity contribution in [2.24, 2.45) is 0 Å². The second-order valence-corrected chi connectivity index (χ2v) is 5.78. The van der Waals surface area contributed by atoms with Gasteiger partial charge in [0, 0.05) is 18.8 Å². The van der Waals surface area contributed by atoms with Crippen LogP contribution in [0.5, 0.6) is 0 Å². The van der Waals surface area contributed by atoms with Gasteiger partial charge in [-0.2, -0.15) is 0 Å². The molecule has 1 aliphatic rings. The summed E-state index contributed by atoms with van der Waals surface area (Å²) in [6.45, 7) is 4.38. The molecule has 2 rings (SSSR count). The zero-order valence-corrected chi connectivity index (χ0v) is 12.6. The molecule has 2 atom stereocenters. The maximum atomic E-state index is 11.8. The van der Waals surface area contributed by atoms with Crippen molar-refractivity contribution in [2.75, 3.05) is 13.1 Å². The highest BCUT2D eigenvalue weighted by Gasteiger charge is 2.27. The lowest BCUT2D eigenvalue weighted by Crippen LogP contribution is -2.50. The zero-order valence-electron chi connectivity index (χ0n) is 12.6. The Morgan fingerprint density at radius 2 is 2.00 bits per heavy atom. The van der Waals surface area contributed by atoms with Crippen LogP contribution in [0.3, 0.4) is 0 Å². The highest BCUT2D eigenvalue weighted by Crippen LogP contribution is 2.17. The summed E-state index contributed by atoms with van der Waals surface area (Å²) in [7, 11) is 0. The van der Waals surface area contributed by atoms with Crippen molar-refractivity contribution in [3.8, 4) is 0 Å². The van der Waals surface area contributed by atoms with Crippen molar-refractivity contribution in [2.45, 2.75) is 57.7 Å². The van der Waals surface area contributed by atoms with E-state index in [0.29, 0.717) is 6.54 Å². The molecule has 1 aromatic rings. The minimum absolute atomic E-state index is 0.0751. The molecule has 2 heterocycles.